The minimum absolute atomic E-state index is 0.0853. The third-order valence-electron chi connectivity index (χ3n) is 6.44. The fourth-order valence-electron chi connectivity index (χ4n) is 5.10. The summed E-state index contributed by atoms with van der Waals surface area (Å²) >= 11 is 0. The molecule has 23 heavy (non-hydrogen) atoms. The number of rotatable bonds is 4. The van der Waals surface area contributed by atoms with E-state index in [9.17, 15) is 4.79 Å². The second-order valence-electron chi connectivity index (χ2n) is 8.13. The van der Waals surface area contributed by atoms with Gasteiger partial charge in [0.25, 0.3) is 0 Å². The molecule has 0 aromatic heterocycles. The highest BCUT2D eigenvalue weighted by Gasteiger charge is 2.41. The zero-order valence-corrected chi connectivity index (χ0v) is 14.6. The van der Waals surface area contributed by atoms with Crippen LogP contribution in [-0.2, 0) is 9.53 Å². The standard InChI is InChI=1S/C20H31NO2/c1-2-10-21-11-4-6-16-12-17-15(13-18(16)21)5-3-7-19(17)23-20(22)14-8-9-14/h14,16,18-19H,2-13H2,1H3/t16-,18-,19?/m1/s1. The fraction of sp³-hybridized carbons (Fsp3) is 0.850. The van der Waals surface area contributed by atoms with Gasteiger partial charge in [0, 0.05) is 6.04 Å². The normalized spacial score (nSPS) is 34.7. The number of piperidine rings is 1. The van der Waals surface area contributed by atoms with Crippen molar-refractivity contribution < 1.29 is 9.53 Å². The Bertz CT molecular complexity index is 492. The van der Waals surface area contributed by atoms with Gasteiger partial charge >= 0.3 is 5.97 Å². The molecule has 0 radical (unpaired) electrons. The maximum Gasteiger partial charge on any atom is 0.309 e. The Kier molecular flexibility index (Phi) is 4.49. The molecule has 0 aromatic carbocycles. The predicted molar refractivity (Wildman–Crippen MR) is 91.1 cm³/mol. The summed E-state index contributed by atoms with van der Waals surface area (Å²) in [5.74, 6) is 1.11. The van der Waals surface area contributed by atoms with E-state index in [1.807, 2.05) is 0 Å². The monoisotopic (exact) mass is 317 g/mol. The lowest BCUT2D eigenvalue weighted by Crippen LogP contribution is -2.48. The molecule has 3 heteroatoms. The Morgan fingerprint density at radius 3 is 2.83 bits per heavy atom. The van der Waals surface area contributed by atoms with Gasteiger partial charge in [0.2, 0.25) is 0 Å². The number of likely N-dealkylation sites (tertiary alicyclic amines) is 1. The van der Waals surface area contributed by atoms with E-state index in [1.165, 1.54) is 63.6 Å². The summed E-state index contributed by atoms with van der Waals surface area (Å²) in [6, 6.07) is 0.764. The number of esters is 1. The largest absolute Gasteiger partial charge is 0.458 e. The average molecular weight is 317 g/mol. The van der Waals surface area contributed by atoms with Gasteiger partial charge in [-0.3, -0.25) is 9.69 Å². The number of hydrogen-bond acceptors (Lipinski definition) is 3. The average Bonchev–Trinajstić information content (AvgIpc) is 3.39. The topological polar surface area (TPSA) is 29.5 Å². The summed E-state index contributed by atoms with van der Waals surface area (Å²) in [7, 11) is 0. The molecular weight excluding hydrogens is 286 g/mol. The Morgan fingerprint density at radius 1 is 1.17 bits per heavy atom. The number of ether oxygens (including phenoxy) is 1. The molecule has 2 fully saturated rings. The van der Waals surface area contributed by atoms with Crippen molar-refractivity contribution in [1.29, 1.82) is 0 Å². The number of fused-ring (bicyclic) bond motifs is 1. The van der Waals surface area contributed by atoms with Crippen molar-refractivity contribution in [2.45, 2.75) is 83.3 Å². The van der Waals surface area contributed by atoms with E-state index in [1.54, 1.807) is 5.57 Å². The van der Waals surface area contributed by atoms with E-state index in [2.05, 4.69) is 11.8 Å². The molecule has 3 atom stereocenters. The van der Waals surface area contributed by atoms with Crippen LogP contribution < -0.4 is 0 Å². The zero-order chi connectivity index (χ0) is 15.8. The van der Waals surface area contributed by atoms with Crippen LogP contribution in [-0.4, -0.2) is 36.1 Å². The van der Waals surface area contributed by atoms with Gasteiger partial charge < -0.3 is 4.74 Å². The Labute approximate surface area is 140 Å². The van der Waals surface area contributed by atoms with Gasteiger partial charge in [0.15, 0.2) is 0 Å². The first-order valence-electron chi connectivity index (χ1n) is 9.91. The summed E-state index contributed by atoms with van der Waals surface area (Å²) in [6.45, 7) is 4.84. The van der Waals surface area contributed by atoms with Gasteiger partial charge in [-0.25, -0.2) is 0 Å². The van der Waals surface area contributed by atoms with Crippen molar-refractivity contribution in [1.82, 2.24) is 4.90 Å². The van der Waals surface area contributed by atoms with Gasteiger partial charge in [-0.05, 0) is 88.8 Å². The molecule has 0 amide bonds. The van der Waals surface area contributed by atoms with E-state index in [4.69, 9.17) is 4.74 Å². The van der Waals surface area contributed by atoms with Crippen LogP contribution in [0.5, 0.6) is 0 Å². The van der Waals surface area contributed by atoms with Gasteiger partial charge in [-0.1, -0.05) is 12.5 Å². The van der Waals surface area contributed by atoms with Crippen LogP contribution in [0.2, 0.25) is 0 Å². The fourth-order valence-corrected chi connectivity index (χ4v) is 5.10. The van der Waals surface area contributed by atoms with Crippen molar-refractivity contribution in [3.63, 3.8) is 0 Å². The third kappa shape index (κ3) is 3.22. The van der Waals surface area contributed by atoms with Crippen molar-refractivity contribution in [3.8, 4) is 0 Å². The van der Waals surface area contributed by atoms with E-state index >= 15 is 0 Å². The van der Waals surface area contributed by atoms with Crippen LogP contribution in [0.15, 0.2) is 11.1 Å². The second kappa shape index (κ2) is 6.58. The van der Waals surface area contributed by atoms with E-state index in [0.717, 1.165) is 31.2 Å². The van der Waals surface area contributed by atoms with Gasteiger partial charge in [-0.2, -0.15) is 0 Å². The molecule has 1 saturated carbocycles. The molecule has 0 spiro atoms. The van der Waals surface area contributed by atoms with Crippen molar-refractivity contribution >= 4 is 5.97 Å². The highest BCUT2D eigenvalue weighted by atomic mass is 16.5. The lowest BCUT2D eigenvalue weighted by molar-refractivity contribution is -0.149. The molecule has 1 saturated heterocycles. The third-order valence-corrected chi connectivity index (χ3v) is 6.44. The van der Waals surface area contributed by atoms with Crippen LogP contribution in [0.25, 0.3) is 0 Å². The molecule has 1 unspecified atom stereocenters. The minimum atomic E-state index is 0.0853. The highest BCUT2D eigenvalue weighted by molar-refractivity contribution is 5.75. The predicted octanol–water partition coefficient (Wildman–Crippen LogP) is 4.07. The molecule has 0 N–H and O–H groups in total. The Balaban J connectivity index is 1.50. The first kappa shape index (κ1) is 15.7. The van der Waals surface area contributed by atoms with E-state index in [-0.39, 0.29) is 18.0 Å². The number of carbonyl (C=O) groups is 1. The van der Waals surface area contributed by atoms with Crippen molar-refractivity contribution in [3.05, 3.63) is 11.1 Å². The summed E-state index contributed by atoms with van der Waals surface area (Å²) in [5, 5.41) is 0. The summed E-state index contributed by atoms with van der Waals surface area (Å²) in [5.41, 5.74) is 3.18. The number of hydrogen-bond donors (Lipinski definition) is 0. The Morgan fingerprint density at radius 2 is 2.04 bits per heavy atom. The molecule has 4 aliphatic rings. The quantitative estimate of drug-likeness (QED) is 0.578. The van der Waals surface area contributed by atoms with Crippen molar-refractivity contribution in [2.24, 2.45) is 11.8 Å². The second-order valence-corrected chi connectivity index (χ2v) is 8.13. The molecule has 4 rings (SSSR count). The van der Waals surface area contributed by atoms with Gasteiger partial charge in [0.1, 0.15) is 6.10 Å². The maximum atomic E-state index is 12.1. The van der Waals surface area contributed by atoms with Crippen LogP contribution in [0, 0.1) is 11.8 Å². The summed E-state index contributed by atoms with van der Waals surface area (Å²) in [4.78, 5) is 14.9. The summed E-state index contributed by atoms with van der Waals surface area (Å²) < 4.78 is 5.93. The minimum Gasteiger partial charge on any atom is -0.458 e. The molecule has 3 nitrogen and oxygen atoms in total. The van der Waals surface area contributed by atoms with Crippen LogP contribution >= 0.6 is 0 Å². The first-order valence-corrected chi connectivity index (χ1v) is 9.91. The number of carbonyl (C=O) groups excluding carboxylic acids is 1. The van der Waals surface area contributed by atoms with Crippen LogP contribution in [0.3, 0.4) is 0 Å². The molecule has 1 heterocycles. The van der Waals surface area contributed by atoms with Gasteiger partial charge in [0.05, 0.1) is 5.92 Å². The first-order chi connectivity index (χ1) is 11.3. The smallest absolute Gasteiger partial charge is 0.309 e. The molecule has 3 aliphatic carbocycles. The zero-order valence-electron chi connectivity index (χ0n) is 14.6. The SMILES string of the molecule is CCCN1CCC[C@@H]2CC3=C(CCCC3OC(=O)C3CC3)C[C@H]21. The van der Waals surface area contributed by atoms with Crippen LogP contribution in [0.1, 0.15) is 71.1 Å². The van der Waals surface area contributed by atoms with E-state index in [0.29, 0.717) is 0 Å². The molecular formula is C20H31NO2. The van der Waals surface area contributed by atoms with E-state index < -0.39 is 0 Å². The number of nitrogens with zero attached hydrogens (tertiary/aromatic N) is 1. The molecule has 0 aromatic rings. The lowest BCUT2D eigenvalue weighted by Gasteiger charge is -2.47. The van der Waals surface area contributed by atoms with Gasteiger partial charge in [-0.15, -0.1) is 0 Å². The lowest BCUT2D eigenvalue weighted by atomic mass is 9.70. The van der Waals surface area contributed by atoms with Crippen LogP contribution in [0.4, 0.5) is 0 Å². The highest BCUT2D eigenvalue weighted by Crippen LogP contribution is 2.45. The summed E-state index contributed by atoms with van der Waals surface area (Å²) in [6.07, 6.45) is 12.1. The Hall–Kier alpha value is -0.830. The molecule has 1 aliphatic heterocycles. The maximum absolute atomic E-state index is 12.1. The molecule has 128 valence electrons. The van der Waals surface area contributed by atoms with Crippen molar-refractivity contribution in [2.75, 3.05) is 13.1 Å². The molecule has 0 bridgehead atoms.